The van der Waals surface area contributed by atoms with Crippen LogP contribution in [0.4, 0.5) is 0 Å². The zero-order valence-corrected chi connectivity index (χ0v) is 15.5. The summed E-state index contributed by atoms with van der Waals surface area (Å²) in [5.41, 5.74) is 3.81. The van der Waals surface area contributed by atoms with Gasteiger partial charge in [-0.1, -0.05) is 64.1 Å². The number of aryl methyl sites for hydroxylation is 1. The van der Waals surface area contributed by atoms with Crippen molar-refractivity contribution in [2.24, 2.45) is 10.9 Å². The third-order valence-electron chi connectivity index (χ3n) is 4.52. The molecule has 0 amide bonds. The van der Waals surface area contributed by atoms with Crippen molar-refractivity contribution < 1.29 is 5.11 Å². The lowest BCUT2D eigenvalue weighted by Crippen LogP contribution is -2.19. The van der Waals surface area contributed by atoms with E-state index in [1.807, 2.05) is 30.5 Å². The van der Waals surface area contributed by atoms with Crippen LogP contribution in [-0.2, 0) is 5.41 Å². The summed E-state index contributed by atoms with van der Waals surface area (Å²) in [6, 6.07) is 14.4. The van der Waals surface area contributed by atoms with Crippen LogP contribution in [0.2, 0.25) is 0 Å². The Bertz CT molecular complexity index is 699. The molecule has 2 aromatic rings. The van der Waals surface area contributed by atoms with E-state index in [-0.39, 0.29) is 5.41 Å². The van der Waals surface area contributed by atoms with E-state index in [0.29, 0.717) is 11.7 Å². The van der Waals surface area contributed by atoms with Gasteiger partial charge < -0.3 is 5.11 Å². The van der Waals surface area contributed by atoms with Crippen LogP contribution in [0.25, 0.3) is 0 Å². The van der Waals surface area contributed by atoms with Crippen molar-refractivity contribution in [1.82, 2.24) is 0 Å². The van der Waals surface area contributed by atoms with Crippen molar-refractivity contribution in [3.63, 3.8) is 0 Å². The number of benzene rings is 2. The summed E-state index contributed by atoms with van der Waals surface area (Å²) in [7, 11) is 0. The van der Waals surface area contributed by atoms with Gasteiger partial charge in [0.2, 0.25) is 0 Å². The highest BCUT2D eigenvalue weighted by atomic mass is 16.3. The van der Waals surface area contributed by atoms with Crippen LogP contribution in [0.3, 0.4) is 0 Å². The van der Waals surface area contributed by atoms with Gasteiger partial charge in [-0.3, -0.25) is 4.99 Å². The van der Waals surface area contributed by atoms with E-state index in [1.165, 1.54) is 5.56 Å². The van der Waals surface area contributed by atoms with Gasteiger partial charge in [-0.25, -0.2) is 0 Å². The normalized spacial score (nSPS) is 12.2. The van der Waals surface area contributed by atoms with Gasteiger partial charge in [0.1, 0.15) is 5.75 Å². The van der Waals surface area contributed by atoms with Crippen LogP contribution in [0.1, 0.15) is 56.4 Å². The summed E-state index contributed by atoms with van der Waals surface area (Å²) in [4.78, 5) is 4.49. The van der Waals surface area contributed by atoms with Crippen LogP contribution >= 0.6 is 0 Å². The minimum atomic E-state index is -0.266. The summed E-state index contributed by atoms with van der Waals surface area (Å²) in [5, 5.41) is 10.8. The highest BCUT2D eigenvalue weighted by Crippen LogP contribution is 2.38. The minimum absolute atomic E-state index is 0.266. The van der Waals surface area contributed by atoms with E-state index >= 15 is 0 Å². The average molecular weight is 323 g/mol. The molecular formula is C22H29NO. The summed E-state index contributed by atoms with van der Waals surface area (Å²) in [5.74, 6) is 0.976. The summed E-state index contributed by atoms with van der Waals surface area (Å²) in [6.07, 6.45) is 2.88. The first kappa shape index (κ1) is 18.3. The van der Waals surface area contributed by atoms with Gasteiger partial charge in [-0.2, -0.15) is 0 Å². The predicted molar refractivity (Wildman–Crippen MR) is 103 cm³/mol. The number of phenols is 1. The highest BCUT2D eigenvalue weighted by molar-refractivity contribution is 5.85. The van der Waals surface area contributed by atoms with Gasteiger partial charge in [0, 0.05) is 29.3 Å². The molecule has 0 aliphatic rings. The molecule has 2 rings (SSSR count). The Kier molecular flexibility index (Phi) is 5.82. The molecule has 128 valence electrons. The Morgan fingerprint density at radius 3 is 2.42 bits per heavy atom. The van der Waals surface area contributed by atoms with Gasteiger partial charge in [0.25, 0.3) is 0 Å². The molecule has 2 nitrogen and oxygen atoms in total. The zero-order chi connectivity index (χ0) is 17.7. The van der Waals surface area contributed by atoms with Crippen molar-refractivity contribution >= 4 is 6.21 Å². The minimum Gasteiger partial charge on any atom is -0.507 e. The second kappa shape index (κ2) is 7.65. The largest absolute Gasteiger partial charge is 0.507 e. The first-order valence-corrected chi connectivity index (χ1v) is 8.72. The van der Waals surface area contributed by atoms with Crippen LogP contribution in [-0.4, -0.2) is 17.9 Å². The van der Waals surface area contributed by atoms with Gasteiger partial charge in [-0.15, -0.1) is 0 Å². The summed E-state index contributed by atoms with van der Waals surface area (Å²) < 4.78 is 0. The van der Waals surface area contributed by atoms with Crippen molar-refractivity contribution in [2.45, 2.75) is 46.5 Å². The molecule has 0 saturated heterocycles. The van der Waals surface area contributed by atoms with E-state index in [4.69, 9.17) is 0 Å². The van der Waals surface area contributed by atoms with Gasteiger partial charge >= 0.3 is 0 Å². The number of aliphatic imine (C=N–C) groups is 1. The molecule has 0 aromatic heterocycles. The smallest absolute Gasteiger partial charge is 0.128 e. The Hall–Kier alpha value is -2.09. The average Bonchev–Trinajstić information content (AvgIpc) is 2.54. The first-order valence-electron chi connectivity index (χ1n) is 8.72. The molecule has 0 radical (unpaired) electrons. The topological polar surface area (TPSA) is 32.6 Å². The van der Waals surface area contributed by atoms with Crippen molar-refractivity contribution in [2.75, 3.05) is 6.54 Å². The number of hydrogen-bond donors (Lipinski definition) is 1. The Morgan fingerprint density at radius 1 is 1.12 bits per heavy atom. The third kappa shape index (κ3) is 4.25. The molecule has 2 heteroatoms. The molecule has 24 heavy (non-hydrogen) atoms. The van der Waals surface area contributed by atoms with Gasteiger partial charge in [0.05, 0.1) is 0 Å². The van der Waals surface area contributed by atoms with E-state index in [2.05, 4.69) is 57.8 Å². The Balaban J connectivity index is 2.38. The van der Waals surface area contributed by atoms with E-state index in [1.54, 1.807) is 0 Å². The number of nitrogens with zero attached hydrogens (tertiary/aromatic N) is 1. The second-order valence-corrected chi connectivity index (χ2v) is 7.46. The summed E-state index contributed by atoms with van der Waals surface area (Å²) >= 11 is 0. The van der Waals surface area contributed by atoms with E-state index in [9.17, 15) is 5.11 Å². The molecule has 0 atom stereocenters. The molecule has 0 aliphatic heterocycles. The SMILES string of the molecule is Cc1cc(C=NCCC(C)C)c(O)c(C(C)(C)c2ccccc2)c1. The van der Waals surface area contributed by atoms with Crippen molar-refractivity contribution in [3.05, 3.63) is 64.7 Å². The lowest BCUT2D eigenvalue weighted by Gasteiger charge is -2.28. The van der Waals surface area contributed by atoms with Crippen LogP contribution in [0.15, 0.2) is 47.5 Å². The Morgan fingerprint density at radius 2 is 1.79 bits per heavy atom. The molecule has 0 fully saturated rings. The van der Waals surface area contributed by atoms with Gasteiger partial charge in [-0.05, 0) is 36.5 Å². The summed E-state index contributed by atoms with van der Waals surface area (Å²) in [6.45, 7) is 11.5. The fourth-order valence-electron chi connectivity index (χ4n) is 2.89. The Labute approximate surface area is 146 Å². The quantitative estimate of drug-likeness (QED) is 0.700. The third-order valence-corrected chi connectivity index (χ3v) is 4.52. The molecule has 0 unspecified atom stereocenters. The number of hydrogen-bond acceptors (Lipinski definition) is 2. The molecule has 0 saturated carbocycles. The van der Waals surface area contributed by atoms with Gasteiger partial charge in [0.15, 0.2) is 0 Å². The molecule has 0 aliphatic carbocycles. The molecule has 0 bridgehead atoms. The van der Waals surface area contributed by atoms with E-state index in [0.717, 1.165) is 29.7 Å². The molecule has 2 aromatic carbocycles. The van der Waals surface area contributed by atoms with Crippen LogP contribution < -0.4 is 0 Å². The van der Waals surface area contributed by atoms with E-state index < -0.39 is 0 Å². The fourth-order valence-corrected chi connectivity index (χ4v) is 2.89. The van der Waals surface area contributed by atoms with Crippen molar-refractivity contribution in [3.8, 4) is 5.75 Å². The molecule has 0 heterocycles. The first-order chi connectivity index (χ1) is 11.3. The maximum Gasteiger partial charge on any atom is 0.128 e. The molecular weight excluding hydrogens is 294 g/mol. The monoisotopic (exact) mass is 323 g/mol. The predicted octanol–water partition coefficient (Wildman–Crippen LogP) is 5.49. The second-order valence-electron chi connectivity index (χ2n) is 7.46. The lowest BCUT2D eigenvalue weighted by molar-refractivity contribution is 0.452. The molecule has 0 spiro atoms. The van der Waals surface area contributed by atoms with Crippen LogP contribution in [0, 0.1) is 12.8 Å². The zero-order valence-electron chi connectivity index (χ0n) is 15.5. The molecule has 1 N–H and O–H groups in total. The van der Waals surface area contributed by atoms with Crippen LogP contribution in [0.5, 0.6) is 5.75 Å². The maximum absolute atomic E-state index is 10.8. The highest BCUT2D eigenvalue weighted by Gasteiger charge is 2.27. The standard InChI is InChI=1S/C22H29NO/c1-16(2)11-12-23-15-18-13-17(3)14-20(21(18)24)22(4,5)19-9-7-6-8-10-19/h6-10,13-16,24H,11-12H2,1-5H3. The number of rotatable bonds is 6. The maximum atomic E-state index is 10.8. The lowest BCUT2D eigenvalue weighted by atomic mass is 9.76. The number of aromatic hydroxyl groups is 1. The number of phenolic OH excluding ortho intramolecular Hbond substituents is 1. The van der Waals surface area contributed by atoms with Crippen molar-refractivity contribution in [1.29, 1.82) is 0 Å². The fraction of sp³-hybridized carbons (Fsp3) is 0.409.